The summed E-state index contributed by atoms with van der Waals surface area (Å²) in [5.74, 6) is -0.253. The second kappa shape index (κ2) is 7.59. The summed E-state index contributed by atoms with van der Waals surface area (Å²) >= 11 is 0. The molecule has 0 bridgehead atoms. The molecule has 0 saturated carbocycles. The van der Waals surface area contributed by atoms with Gasteiger partial charge in [0, 0.05) is 11.6 Å². The summed E-state index contributed by atoms with van der Waals surface area (Å²) in [6.07, 6.45) is 1.75. The Bertz CT molecular complexity index is 1210. The van der Waals surface area contributed by atoms with Gasteiger partial charge in [-0.15, -0.1) is 5.10 Å². The van der Waals surface area contributed by atoms with E-state index >= 15 is 0 Å². The van der Waals surface area contributed by atoms with Gasteiger partial charge in [0.2, 0.25) is 5.88 Å². The van der Waals surface area contributed by atoms with Crippen LogP contribution >= 0.6 is 0 Å². The number of hydrogen-bond acceptors (Lipinski definition) is 5. The highest BCUT2D eigenvalue weighted by Crippen LogP contribution is 2.31. The number of amides is 1. The summed E-state index contributed by atoms with van der Waals surface area (Å²) in [4.78, 5) is 17.0. The molecule has 29 heavy (non-hydrogen) atoms. The van der Waals surface area contributed by atoms with E-state index in [1.54, 1.807) is 48.2 Å². The molecule has 0 saturated heterocycles. The third-order valence-corrected chi connectivity index (χ3v) is 4.37. The first-order valence-corrected chi connectivity index (χ1v) is 8.74. The molecule has 0 radical (unpaired) electrons. The van der Waals surface area contributed by atoms with Crippen molar-refractivity contribution in [3.63, 3.8) is 0 Å². The molecule has 0 aliphatic rings. The van der Waals surface area contributed by atoms with Crippen molar-refractivity contribution >= 4 is 17.2 Å². The fourth-order valence-electron chi connectivity index (χ4n) is 2.91. The van der Waals surface area contributed by atoms with Crippen LogP contribution in [0.15, 0.2) is 60.8 Å². The molecule has 4 rings (SSSR count). The summed E-state index contributed by atoms with van der Waals surface area (Å²) in [7, 11) is 3.04. The lowest BCUT2D eigenvalue weighted by Gasteiger charge is -2.12. The topological polar surface area (TPSA) is 77.8 Å². The van der Waals surface area contributed by atoms with Gasteiger partial charge in [-0.3, -0.25) is 4.79 Å². The van der Waals surface area contributed by atoms with Crippen LogP contribution in [0.1, 0.15) is 10.4 Å². The van der Waals surface area contributed by atoms with Gasteiger partial charge in [-0.25, -0.2) is 13.9 Å². The van der Waals surface area contributed by atoms with Crippen LogP contribution < -0.4 is 14.8 Å². The minimum Gasteiger partial charge on any atom is -0.495 e. The number of hydrogen-bond donors (Lipinski definition) is 1. The van der Waals surface area contributed by atoms with E-state index in [-0.39, 0.29) is 5.56 Å². The summed E-state index contributed by atoms with van der Waals surface area (Å²) in [5.41, 5.74) is 2.38. The highest BCUT2D eigenvalue weighted by molar-refractivity contribution is 6.05. The predicted molar refractivity (Wildman–Crippen MR) is 106 cm³/mol. The molecule has 0 spiro atoms. The number of anilines is 1. The molecule has 0 aliphatic heterocycles. The number of rotatable bonds is 5. The largest absolute Gasteiger partial charge is 0.495 e. The van der Waals surface area contributed by atoms with Crippen molar-refractivity contribution in [3.8, 4) is 22.9 Å². The van der Waals surface area contributed by atoms with E-state index in [0.29, 0.717) is 28.7 Å². The minimum atomic E-state index is -0.597. The van der Waals surface area contributed by atoms with E-state index in [1.165, 1.54) is 25.3 Å². The number of aromatic nitrogens is 3. The molecule has 8 heteroatoms. The van der Waals surface area contributed by atoms with E-state index in [9.17, 15) is 9.18 Å². The second-order valence-electron chi connectivity index (χ2n) is 6.15. The molecule has 1 N–H and O–H groups in total. The summed E-state index contributed by atoms with van der Waals surface area (Å²) in [5, 5.41) is 7.00. The highest BCUT2D eigenvalue weighted by Gasteiger charge is 2.15. The van der Waals surface area contributed by atoms with Gasteiger partial charge in [0.15, 0.2) is 5.65 Å². The highest BCUT2D eigenvalue weighted by atomic mass is 19.1. The van der Waals surface area contributed by atoms with Crippen LogP contribution in [0, 0.1) is 5.82 Å². The van der Waals surface area contributed by atoms with Gasteiger partial charge < -0.3 is 14.8 Å². The molecule has 0 atom stereocenters. The molecule has 146 valence electrons. The maximum atomic E-state index is 13.9. The first-order chi connectivity index (χ1) is 14.1. The number of carbonyl (C=O) groups excluding carboxylic acids is 1. The van der Waals surface area contributed by atoms with Crippen molar-refractivity contribution in [2.45, 2.75) is 0 Å². The number of carbonyl (C=O) groups is 1. The van der Waals surface area contributed by atoms with Crippen LogP contribution in [0.2, 0.25) is 0 Å². The van der Waals surface area contributed by atoms with Crippen molar-refractivity contribution in [3.05, 3.63) is 72.2 Å². The summed E-state index contributed by atoms with van der Waals surface area (Å²) < 4.78 is 26.0. The lowest BCUT2D eigenvalue weighted by Crippen LogP contribution is -2.14. The number of imidazole rings is 1. The summed E-state index contributed by atoms with van der Waals surface area (Å²) in [6, 6.07) is 14.5. The number of halogens is 1. The Labute approximate surface area is 165 Å². The van der Waals surface area contributed by atoms with E-state index in [4.69, 9.17) is 9.47 Å². The van der Waals surface area contributed by atoms with Crippen LogP contribution in [0.3, 0.4) is 0 Å². The quantitative estimate of drug-likeness (QED) is 0.559. The van der Waals surface area contributed by atoms with E-state index < -0.39 is 11.7 Å². The third kappa shape index (κ3) is 3.60. The van der Waals surface area contributed by atoms with E-state index in [1.807, 2.05) is 6.07 Å². The Hall–Kier alpha value is -3.94. The lowest BCUT2D eigenvalue weighted by atomic mass is 10.1. The Balaban J connectivity index is 1.70. The summed E-state index contributed by atoms with van der Waals surface area (Å²) in [6.45, 7) is 0. The lowest BCUT2D eigenvalue weighted by molar-refractivity contribution is 0.102. The van der Waals surface area contributed by atoms with Gasteiger partial charge in [0.25, 0.3) is 5.91 Å². The Morgan fingerprint density at radius 1 is 1.07 bits per heavy atom. The first-order valence-electron chi connectivity index (χ1n) is 8.74. The Kier molecular flexibility index (Phi) is 4.82. The van der Waals surface area contributed by atoms with Crippen LogP contribution in [-0.4, -0.2) is 34.7 Å². The molecule has 4 aromatic rings. The Morgan fingerprint density at radius 2 is 1.90 bits per heavy atom. The van der Waals surface area contributed by atoms with Crippen molar-refractivity contribution in [1.29, 1.82) is 0 Å². The number of fused-ring (bicyclic) bond motifs is 1. The van der Waals surface area contributed by atoms with E-state index in [2.05, 4.69) is 15.4 Å². The molecular weight excluding hydrogens is 375 g/mol. The van der Waals surface area contributed by atoms with Gasteiger partial charge >= 0.3 is 0 Å². The normalized spacial score (nSPS) is 10.7. The maximum absolute atomic E-state index is 13.9. The van der Waals surface area contributed by atoms with Gasteiger partial charge in [-0.2, -0.15) is 0 Å². The number of methoxy groups -OCH3 is 2. The molecule has 0 aliphatic carbocycles. The van der Waals surface area contributed by atoms with Gasteiger partial charge in [-0.05, 0) is 36.4 Å². The van der Waals surface area contributed by atoms with E-state index in [0.717, 1.165) is 5.56 Å². The van der Waals surface area contributed by atoms with Crippen molar-refractivity contribution < 1.29 is 18.7 Å². The van der Waals surface area contributed by atoms with Crippen molar-refractivity contribution in [2.24, 2.45) is 0 Å². The van der Waals surface area contributed by atoms with Crippen LogP contribution in [0.5, 0.6) is 11.6 Å². The number of nitrogens with one attached hydrogen (secondary N) is 1. The standard InChI is InChI=1S/C21H17FN4O3/c1-28-18-8-7-13(17-12-26-19(23-17)9-10-20(25-26)29-2)11-16(18)24-21(27)14-5-3-4-6-15(14)22/h3-12H,1-2H3,(H,24,27). The number of ether oxygens (including phenoxy) is 2. The first kappa shape index (κ1) is 18.4. The number of benzene rings is 2. The molecule has 7 nitrogen and oxygen atoms in total. The zero-order valence-electron chi connectivity index (χ0n) is 15.7. The zero-order valence-corrected chi connectivity index (χ0v) is 15.7. The number of nitrogens with zero attached hydrogens (tertiary/aromatic N) is 3. The molecule has 1 amide bonds. The molecule has 2 heterocycles. The second-order valence-corrected chi connectivity index (χ2v) is 6.15. The molecule has 2 aromatic carbocycles. The SMILES string of the molecule is COc1ccc2nc(-c3ccc(OC)c(NC(=O)c4ccccc4F)c3)cn2n1. The smallest absolute Gasteiger partial charge is 0.258 e. The Morgan fingerprint density at radius 3 is 2.66 bits per heavy atom. The zero-order chi connectivity index (χ0) is 20.4. The van der Waals surface area contributed by atoms with Crippen LogP contribution in [0.4, 0.5) is 10.1 Å². The molecular formula is C21H17FN4O3. The maximum Gasteiger partial charge on any atom is 0.258 e. The molecule has 0 unspecified atom stereocenters. The average molecular weight is 392 g/mol. The fourth-order valence-corrected chi connectivity index (χ4v) is 2.91. The third-order valence-electron chi connectivity index (χ3n) is 4.37. The van der Waals surface area contributed by atoms with Gasteiger partial charge in [-0.1, -0.05) is 12.1 Å². The monoisotopic (exact) mass is 392 g/mol. The van der Waals surface area contributed by atoms with Crippen LogP contribution in [0.25, 0.3) is 16.9 Å². The van der Waals surface area contributed by atoms with Gasteiger partial charge in [0.1, 0.15) is 11.6 Å². The van der Waals surface area contributed by atoms with Gasteiger partial charge in [0.05, 0.1) is 37.4 Å². The van der Waals surface area contributed by atoms with Crippen LogP contribution in [-0.2, 0) is 0 Å². The fraction of sp³-hybridized carbons (Fsp3) is 0.0952. The van der Waals surface area contributed by atoms with Crippen molar-refractivity contribution in [1.82, 2.24) is 14.6 Å². The average Bonchev–Trinajstić information content (AvgIpc) is 3.17. The molecule has 0 fully saturated rings. The minimum absolute atomic E-state index is 0.0519. The predicted octanol–water partition coefficient (Wildman–Crippen LogP) is 3.80. The van der Waals surface area contributed by atoms with Crippen molar-refractivity contribution in [2.75, 3.05) is 19.5 Å². The molecule has 2 aromatic heterocycles.